The van der Waals surface area contributed by atoms with Crippen molar-refractivity contribution in [3.05, 3.63) is 29.6 Å². The Bertz CT molecular complexity index is 627. The second kappa shape index (κ2) is 5.59. The summed E-state index contributed by atoms with van der Waals surface area (Å²) in [5.41, 5.74) is 0.389. The van der Waals surface area contributed by atoms with Crippen LogP contribution in [0.25, 0.3) is 0 Å². The van der Waals surface area contributed by atoms with Crippen LogP contribution in [0.2, 0.25) is 0 Å². The van der Waals surface area contributed by atoms with Gasteiger partial charge >= 0.3 is 0 Å². The van der Waals surface area contributed by atoms with Crippen molar-refractivity contribution in [2.75, 3.05) is 11.3 Å². The molecule has 0 radical (unpaired) electrons. The normalized spacial score (nSPS) is 14.6. The second-order valence-electron chi connectivity index (χ2n) is 4.32. The first-order chi connectivity index (χ1) is 9.03. The van der Waals surface area contributed by atoms with Crippen LogP contribution in [-0.2, 0) is 10.0 Å². The van der Waals surface area contributed by atoms with Crippen LogP contribution in [-0.4, -0.2) is 25.4 Å². The SMILES string of the molecule is O=S(=O)(Nc1ccc(C#CCCO)cc1F)C1CC1. The van der Waals surface area contributed by atoms with Crippen molar-refractivity contribution in [1.29, 1.82) is 0 Å². The van der Waals surface area contributed by atoms with Gasteiger partial charge in [0.1, 0.15) is 5.82 Å². The molecule has 1 aliphatic rings. The van der Waals surface area contributed by atoms with E-state index in [4.69, 9.17) is 5.11 Å². The molecular weight excluding hydrogens is 269 g/mol. The van der Waals surface area contributed by atoms with Crippen LogP contribution in [0.4, 0.5) is 10.1 Å². The third-order valence-electron chi connectivity index (χ3n) is 2.65. The molecule has 0 heterocycles. The van der Waals surface area contributed by atoms with Crippen LogP contribution in [0.15, 0.2) is 18.2 Å². The number of benzene rings is 1. The first-order valence-corrected chi connectivity index (χ1v) is 7.48. The summed E-state index contributed by atoms with van der Waals surface area (Å²) in [6.07, 6.45) is 1.57. The van der Waals surface area contributed by atoms with Gasteiger partial charge in [-0.25, -0.2) is 12.8 Å². The highest BCUT2D eigenvalue weighted by Gasteiger charge is 2.36. The quantitative estimate of drug-likeness (QED) is 0.822. The third kappa shape index (κ3) is 3.69. The molecule has 2 N–H and O–H groups in total. The minimum absolute atomic E-state index is 0.0469. The molecule has 0 unspecified atom stereocenters. The van der Waals surface area contributed by atoms with Gasteiger partial charge in [-0.05, 0) is 31.0 Å². The second-order valence-corrected chi connectivity index (χ2v) is 6.28. The lowest BCUT2D eigenvalue weighted by Gasteiger charge is -2.07. The lowest BCUT2D eigenvalue weighted by Crippen LogP contribution is -2.18. The summed E-state index contributed by atoms with van der Waals surface area (Å²) in [6.45, 7) is -0.0469. The topological polar surface area (TPSA) is 66.4 Å². The summed E-state index contributed by atoms with van der Waals surface area (Å²) in [6, 6.07) is 4.07. The molecule has 2 rings (SSSR count). The summed E-state index contributed by atoms with van der Waals surface area (Å²) < 4.78 is 39.3. The van der Waals surface area contributed by atoms with Gasteiger partial charge in [-0.15, -0.1) is 0 Å². The lowest BCUT2D eigenvalue weighted by atomic mass is 10.2. The Morgan fingerprint density at radius 2 is 2.16 bits per heavy atom. The monoisotopic (exact) mass is 283 g/mol. The number of nitrogens with one attached hydrogen (secondary N) is 1. The van der Waals surface area contributed by atoms with Crippen LogP contribution >= 0.6 is 0 Å². The number of halogens is 1. The largest absolute Gasteiger partial charge is 0.395 e. The molecule has 0 amide bonds. The summed E-state index contributed by atoms with van der Waals surface area (Å²) >= 11 is 0. The molecule has 0 bridgehead atoms. The van der Waals surface area contributed by atoms with Crippen LogP contribution in [0.5, 0.6) is 0 Å². The third-order valence-corrected chi connectivity index (χ3v) is 4.51. The number of rotatable bonds is 4. The van der Waals surface area contributed by atoms with Crippen molar-refractivity contribution in [2.24, 2.45) is 0 Å². The maximum atomic E-state index is 13.7. The van der Waals surface area contributed by atoms with Crippen molar-refractivity contribution in [3.8, 4) is 11.8 Å². The van der Waals surface area contributed by atoms with Gasteiger partial charge in [-0.3, -0.25) is 4.72 Å². The van der Waals surface area contributed by atoms with E-state index in [9.17, 15) is 12.8 Å². The molecule has 0 spiro atoms. The van der Waals surface area contributed by atoms with Gasteiger partial charge in [-0.2, -0.15) is 0 Å². The molecule has 1 saturated carbocycles. The first kappa shape index (κ1) is 13.8. The number of anilines is 1. The number of hydrogen-bond donors (Lipinski definition) is 2. The van der Waals surface area contributed by atoms with Crippen LogP contribution in [0.1, 0.15) is 24.8 Å². The van der Waals surface area contributed by atoms with E-state index in [-0.39, 0.29) is 12.3 Å². The fourth-order valence-corrected chi connectivity index (χ4v) is 2.91. The fourth-order valence-electron chi connectivity index (χ4n) is 1.51. The number of sulfonamides is 1. The first-order valence-electron chi connectivity index (χ1n) is 5.94. The molecule has 0 saturated heterocycles. The molecule has 1 fully saturated rings. The van der Waals surface area contributed by atoms with Crippen molar-refractivity contribution >= 4 is 15.7 Å². The van der Waals surface area contributed by atoms with Crippen molar-refractivity contribution < 1.29 is 17.9 Å². The van der Waals surface area contributed by atoms with E-state index in [1.807, 2.05) is 0 Å². The van der Waals surface area contributed by atoms with Crippen LogP contribution in [0, 0.1) is 17.7 Å². The molecule has 102 valence electrons. The Balaban J connectivity index is 2.14. The van der Waals surface area contributed by atoms with Gasteiger partial charge < -0.3 is 5.11 Å². The van der Waals surface area contributed by atoms with E-state index in [1.165, 1.54) is 18.2 Å². The number of hydrogen-bond acceptors (Lipinski definition) is 3. The fraction of sp³-hybridized carbons (Fsp3) is 0.385. The van der Waals surface area contributed by atoms with E-state index < -0.39 is 21.1 Å². The highest BCUT2D eigenvalue weighted by molar-refractivity contribution is 7.93. The number of aliphatic hydroxyl groups is 1. The van der Waals surface area contributed by atoms with Crippen LogP contribution in [0.3, 0.4) is 0 Å². The van der Waals surface area contributed by atoms with Gasteiger partial charge in [0, 0.05) is 12.0 Å². The average molecular weight is 283 g/mol. The smallest absolute Gasteiger partial charge is 0.235 e. The molecule has 6 heteroatoms. The molecule has 0 atom stereocenters. The van der Waals surface area contributed by atoms with Crippen molar-refractivity contribution in [1.82, 2.24) is 0 Å². The van der Waals surface area contributed by atoms with Gasteiger partial charge in [-0.1, -0.05) is 11.8 Å². The molecule has 4 nitrogen and oxygen atoms in total. The Morgan fingerprint density at radius 1 is 1.42 bits per heavy atom. The molecule has 0 aliphatic heterocycles. The van der Waals surface area contributed by atoms with E-state index in [0.717, 1.165) is 0 Å². The summed E-state index contributed by atoms with van der Waals surface area (Å²) in [5, 5.41) is 8.18. The minimum atomic E-state index is -3.46. The predicted molar refractivity (Wildman–Crippen MR) is 70.5 cm³/mol. The predicted octanol–water partition coefficient (Wildman–Crippen LogP) is 1.46. The van der Waals surface area contributed by atoms with Crippen LogP contribution < -0.4 is 4.72 Å². The van der Waals surface area contributed by atoms with E-state index >= 15 is 0 Å². The van der Waals surface area contributed by atoms with Crippen molar-refractivity contribution in [3.63, 3.8) is 0 Å². The Labute approximate surface area is 111 Å². The van der Waals surface area contributed by atoms with E-state index in [1.54, 1.807) is 0 Å². The molecular formula is C13H14FNO3S. The average Bonchev–Trinajstić information content (AvgIpc) is 3.17. The summed E-state index contributed by atoms with van der Waals surface area (Å²) in [4.78, 5) is 0. The standard InChI is InChI=1S/C13H14FNO3S/c14-12-9-10(3-1-2-8-16)4-7-13(12)15-19(17,18)11-5-6-11/h4,7,9,11,15-16H,2,5-6,8H2. The van der Waals surface area contributed by atoms with E-state index in [0.29, 0.717) is 24.8 Å². The highest BCUT2D eigenvalue weighted by atomic mass is 32.2. The Hall–Kier alpha value is -1.58. The molecule has 1 aromatic carbocycles. The maximum absolute atomic E-state index is 13.7. The number of aliphatic hydroxyl groups excluding tert-OH is 1. The zero-order chi connectivity index (χ0) is 13.9. The van der Waals surface area contributed by atoms with Gasteiger partial charge in [0.15, 0.2) is 0 Å². The highest BCUT2D eigenvalue weighted by Crippen LogP contribution is 2.30. The van der Waals surface area contributed by atoms with Gasteiger partial charge in [0.25, 0.3) is 0 Å². The zero-order valence-corrected chi connectivity index (χ0v) is 11.0. The molecule has 19 heavy (non-hydrogen) atoms. The summed E-state index contributed by atoms with van der Waals surface area (Å²) in [7, 11) is -3.46. The van der Waals surface area contributed by atoms with Gasteiger partial charge in [0.05, 0.1) is 17.5 Å². The van der Waals surface area contributed by atoms with Crippen molar-refractivity contribution in [2.45, 2.75) is 24.5 Å². The molecule has 1 aliphatic carbocycles. The van der Waals surface area contributed by atoms with Gasteiger partial charge in [0.2, 0.25) is 10.0 Å². The minimum Gasteiger partial charge on any atom is -0.395 e. The maximum Gasteiger partial charge on any atom is 0.235 e. The van der Waals surface area contributed by atoms with E-state index in [2.05, 4.69) is 16.6 Å². The molecule has 1 aromatic rings. The zero-order valence-electron chi connectivity index (χ0n) is 10.2. The molecule has 0 aromatic heterocycles. The Morgan fingerprint density at radius 3 is 2.74 bits per heavy atom. The Kier molecular flexibility index (Phi) is 4.08. The summed E-state index contributed by atoms with van der Waals surface area (Å²) in [5.74, 6) is 4.70. The lowest BCUT2D eigenvalue weighted by molar-refractivity contribution is 0.305.